The lowest BCUT2D eigenvalue weighted by atomic mass is 10.00. The molecule has 0 bridgehead atoms. The van der Waals surface area contributed by atoms with Crippen LogP contribution in [-0.2, 0) is 0 Å². The van der Waals surface area contributed by atoms with Gasteiger partial charge in [0.25, 0.3) is 0 Å². The van der Waals surface area contributed by atoms with Gasteiger partial charge in [0.05, 0.1) is 0 Å². The van der Waals surface area contributed by atoms with Crippen LogP contribution in [0.5, 0.6) is 0 Å². The zero-order valence-electron chi connectivity index (χ0n) is 12.1. The lowest BCUT2D eigenvalue weighted by Crippen LogP contribution is -2.52. The van der Waals surface area contributed by atoms with Gasteiger partial charge in [0.1, 0.15) is 0 Å². The van der Waals surface area contributed by atoms with E-state index in [1.54, 1.807) is 0 Å². The molecule has 0 aromatic heterocycles. The molecule has 2 aliphatic heterocycles. The van der Waals surface area contributed by atoms with Gasteiger partial charge in [0, 0.05) is 50.4 Å². The van der Waals surface area contributed by atoms with Crippen molar-refractivity contribution in [2.45, 2.75) is 25.8 Å². The number of para-hydroxylation sites is 1. The number of anilines is 1. The van der Waals surface area contributed by atoms with Crippen molar-refractivity contribution in [1.29, 1.82) is 0 Å². The summed E-state index contributed by atoms with van der Waals surface area (Å²) in [6.07, 6.45) is 0. The number of hydrogen-bond acceptors (Lipinski definition) is 3. The second-order valence-electron chi connectivity index (χ2n) is 5.90. The van der Waals surface area contributed by atoms with Crippen molar-refractivity contribution in [3.05, 3.63) is 29.8 Å². The van der Waals surface area contributed by atoms with E-state index in [0.29, 0.717) is 12.0 Å². The predicted octanol–water partition coefficient (Wildman–Crippen LogP) is 2.22. The van der Waals surface area contributed by atoms with Gasteiger partial charge >= 0.3 is 0 Å². The van der Waals surface area contributed by atoms with E-state index in [1.807, 2.05) is 0 Å². The molecule has 3 heteroatoms. The third kappa shape index (κ3) is 2.63. The van der Waals surface area contributed by atoms with E-state index in [-0.39, 0.29) is 0 Å². The van der Waals surface area contributed by atoms with E-state index in [2.05, 4.69) is 53.2 Å². The summed E-state index contributed by atoms with van der Waals surface area (Å²) in [5, 5.41) is 3.53. The summed E-state index contributed by atoms with van der Waals surface area (Å²) in [6, 6.07) is 9.47. The highest BCUT2D eigenvalue weighted by molar-refractivity contribution is 5.57. The van der Waals surface area contributed by atoms with Crippen LogP contribution in [0.4, 0.5) is 5.69 Å². The summed E-state index contributed by atoms with van der Waals surface area (Å²) in [5.41, 5.74) is 2.85. The average Bonchev–Trinajstić information content (AvgIpc) is 2.83. The van der Waals surface area contributed by atoms with Crippen LogP contribution in [0.3, 0.4) is 0 Å². The van der Waals surface area contributed by atoms with E-state index in [4.69, 9.17) is 0 Å². The molecule has 2 aliphatic rings. The normalized spacial score (nSPS) is 28.1. The van der Waals surface area contributed by atoms with Gasteiger partial charge in [-0.2, -0.15) is 0 Å². The molecule has 104 valence electrons. The van der Waals surface area contributed by atoms with Crippen LogP contribution >= 0.6 is 0 Å². The molecule has 2 heterocycles. The number of likely N-dealkylation sites (N-methyl/N-ethyl adjacent to an activating group) is 1. The second kappa shape index (κ2) is 5.51. The quantitative estimate of drug-likeness (QED) is 0.898. The van der Waals surface area contributed by atoms with Crippen molar-refractivity contribution in [2.24, 2.45) is 0 Å². The van der Waals surface area contributed by atoms with Gasteiger partial charge in [-0.25, -0.2) is 0 Å². The summed E-state index contributed by atoms with van der Waals surface area (Å²) in [4.78, 5) is 5.22. The minimum absolute atomic E-state index is 0.663. The van der Waals surface area contributed by atoms with Gasteiger partial charge in [-0.3, -0.25) is 9.80 Å². The number of fused-ring (bicyclic) bond motifs is 1. The van der Waals surface area contributed by atoms with Crippen LogP contribution in [0.1, 0.15) is 25.3 Å². The molecule has 2 unspecified atom stereocenters. The first-order valence-electron chi connectivity index (χ1n) is 7.57. The monoisotopic (exact) mass is 259 g/mol. The first-order chi connectivity index (χ1) is 9.28. The highest BCUT2D eigenvalue weighted by Gasteiger charge is 2.27. The highest BCUT2D eigenvalue weighted by Crippen LogP contribution is 2.31. The zero-order valence-corrected chi connectivity index (χ0v) is 12.1. The molecule has 3 nitrogen and oxygen atoms in total. The number of hydrogen-bond donors (Lipinski definition) is 1. The fourth-order valence-electron chi connectivity index (χ4n) is 3.54. The molecule has 1 fully saturated rings. The van der Waals surface area contributed by atoms with Crippen molar-refractivity contribution < 1.29 is 0 Å². The largest absolute Gasteiger partial charge is 0.384 e. The molecule has 0 saturated carbocycles. The number of nitrogens with one attached hydrogen (secondary N) is 1. The number of piperazine rings is 1. The Kier molecular flexibility index (Phi) is 3.76. The summed E-state index contributed by atoms with van der Waals surface area (Å²) >= 11 is 0. The fourth-order valence-corrected chi connectivity index (χ4v) is 3.54. The highest BCUT2D eigenvalue weighted by atomic mass is 15.3. The molecule has 1 aromatic carbocycles. The van der Waals surface area contributed by atoms with Crippen molar-refractivity contribution in [1.82, 2.24) is 9.80 Å². The van der Waals surface area contributed by atoms with E-state index >= 15 is 0 Å². The Morgan fingerprint density at radius 1 is 1.26 bits per heavy atom. The Morgan fingerprint density at radius 3 is 2.89 bits per heavy atom. The third-order valence-corrected chi connectivity index (χ3v) is 4.67. The van der Waals surface area contributed by atoms with Crippen LogP contribution in [0.15, 0.2) is 24.3 Å². The molecule has 0 aliphatic carbocycles. The van der Waals surface area contributed by atoms with Gasteiger partial charge in [0.2, 0.25) is 0 Å². The predicted molar refractivity (Wildman–Crippen MR) is 80.8 cm³/mol. The fraction of sp³-hybridized carbons (Fsp3) is 0.625. The molecule has 0 radical (unpaired) electrons. The van der Waals surface area contributed by atoms with Gasteiger partial charge < -0.3 is 5.32 Å². The van der Waals surface area contributed by atoms with E-state index in [9.17, 15) is 0 Å². The van der Waals surface area contributed by atoms with Crippen LogP contribution in [-0.4, -0.2) is 55.1 Å². The van der Waals surface area contributed by atoms with Crippen molar-refractivity contribution in [2.75, 3.05) is 44.6 Å². The molecule has 1 N–H and O–H groups in total. The first kappa shape index (κ1) is 12.9. The minimum atomic E-state index is 0.663. The summed E-state index contributed by atoms with van der Waals surface area (Å²) in [6.45, 7) is 11.8. The molecular formula is C16H25N3. The molecule has 0 amide bonds. The van der Waals surface area contributed by atoms with Crippen LogP contribution < -0.4 is 5.32 Å². The van der Waals surface area contributed by atoms with Crippen molar-refractivity contribution in [3.63, 3.8) is 0 Å². The summed E-state index contributed by atoms with van der Waals surface area (Å²) < 4.78 is 0. The van der Waals surface area contributed by atoms with Crippen LogP contribution in [0.2, 0.25) is 0 Å². The Bertz CT molecular complexity index is 432. The van der Waals surface area contributed by atoms with Crippen LogP contribution in [0.25, 0.3) is 0 Å². The first-order valence-corrected chi connectivity index (χ1v) is 7.57. The minimum Gasteiger partial charge on any atom is -0.384 e. The Hall–Kier alpha value is -1.06. The van der Waals surface area contributed by atoms with Crippen LogP contribution in [0, 0.1) is 0 Å². The third-order valence-electron chi connectivity index (χ3n) is 4.67. The number of benzene rings is 1. The van der Waals surface area contributed by atoms with Gasteiger partial charge in [-0.15, -0.1) is 0 Å². The number of rotatable bonds is 3. The maximum atomic E-state index is 3.53. The number of nitrogens with zero attached hydrogens (tertiary/aromatic N) is 2. The molecule has 0 spiro atoms. The SMILES string of the molecule is CCN1CCN(CC2CNc3ccccc32)CC1C. The molecule has 1 saturated heterocycles. The van der Waals surface area contributed by atoms with Gasteiger partial charge in [0.15, 0.2) is 0 Å². The standard InChI is InChI=1S/C16H25N3/c1-3-19-9-8-18(11-13(19)2)12-14-10-17-16-7-5-4-6-15(14)16/h4-7,13-14,17H,3,8-12H2,1-2H3. The zero-order chi connectivity index (χ0) is 13.2. The summed E-state index contributed by atoms with van der Waals surface area (Å²) in [7, 11) is 0. The lowest BCUT2D eigenvalue weighted by molar-refractivity contribution is 0.0849. The molecule has 1 aromatic rings. The molecule has 2 atom stereocenters. The average molecular weight is 259 g/mol. The Balaban J connectivity index is 1.62. The lowest BCUT2D eigenvalue weighted by Gasteiger charge is -2.40. The van der Waals surface area contributed by atoms with E-state index < -0.39 is 0 Å². The van der Waals surface area contributed by atoms with E-state index in [0.717, 1.165) is 6.54 Å². The molecular weight excluding hydrogens is 234 g/mol. The van der Waals surface area contributed by atoms with Gasteiger partial charge in [-0.1, -0.05) is 25.1 Å². The van der Waals surface area contributed by atoms with Crippen molar-refractivity contribution in [3.8, 4) is 0 Å². The van der Waals surface area contributed by atoms with E-state index in [1.165, 1.54) is 44.0 Å². The maximum Gasteiger partial charge on any atom is 0.0376 e. The smallest absolute Gasteiger partial charge is 0.0376 e. The molecule has 19 heavy (non-hydrogen) atoms. The van der Waals surface area contributed by atoms with Gasteiger partial charge in [-0.05, 0) is 25.1 Å². The van der Waals surface area contributed by atoms with Crippen molar-refractivity contribution >= 4 is 5.69 Å². The summed E-state index contributed by atoms with van der Waals surface area (Å²) in [5.74, 6) is 0.663. The Labute approximate surface area is 116 Å². The second-order valence-corrected chi connectivity index (χ2v) is 5.90. The molecule has 3 rings (SSSR count). The maximum absolute atomic E-state index is 3.53. The Morgan fingerprint density at radius 2 is 2.11 bits per heavy atom. The topological polar surface area (TPSA) is 18.5 Å².